The number of ether oxygens (including phenoxy) is 1. The molecule has 0 aliphatic rings. The molecule has 0 atom stereocenters. The third kappa shape index (κ3) is 3.26. The molecule has 1 heterocycles. The van der Waals surface area contributed by atoms with Gasteiger partial charge in [0, 0.05) is 5.69 Å². The van der Waals surface area contributed by atoms with E-state index in [-0.39, 0.29) is 0 Å². The van der Waals surface area contributed by atoms with Crippen LogP contribution in [-0.4, -0.2) is 33.6 Å². The number of aromatic nitrogens is 4. The summed E-state index contributed by atoms with van der Waals surface area (Å²) in [5.74, 6) is 1.20. The van der Waals surface area contributed by atoms with Gasteiger partial charge in [0.1, 0.15) is 5.75 Å². The molecule has 0 spiro atoms. The van der Waals surface area contributed by atoms with E-state index in [0.717, 1.165) is 17.0 Å². The van der Waals surface area contributed by atoms with Gasteiger partial charge in [-0.3, -0.25) is 0 Å². The number of tetrazole rings is 1. The van der Waals surface area contributed by atoms with Gasteiger partial charge < -0.3 is 10.1 Å². The molecule has 0 saturated carbocycles. The van der Waals surface area contributed by atoms with E-state index in [1.165, 1.54) is 4.79 Å². The monoisotopic (exact) mass is 294 g/mol. The number of anilines is 2. The van der Waals surface area contributed by atoms with Gasteiger partial charge in [-0.25, -0.2) is 0 Å². The first kappa shape index (κ1) is 13.7. The van der Waals surface area contributed by atoms with Gasteiger partial charge in [-0.05, 0) is 40.3 Å². The highest BCUT2D eigenvalue weighted by Gasteiger charge is 2.04. The topological polar surface area (TPSA) is 77.2 Å². The number of hydrogen-bond donors (Lipinski definition) is 1. The molecule has 22 heavy (non-hydrogen) atoms. The Labute approximate surface area is 127 Å². The van der Waals surface area contributed by atoms with Crippen LogP contribution in [0, 0.1) is 0 Å². The van der Waals surface area contributed by atoms with Crippen LogP contribution in [0.4, 0.5) is 11.6 Å². The Kier molecular flexibility index (Phi) is 4.05. The summed E-state index contributed by atoms with van der Waals surface area (Å²) in [6.45, 7) is 0. The number of hydrogen-bond acceptors (Lipinski definition) is 6. The molecule has 0 bridgehead atoms. The Bertz CT molecular complexity index is 768. The SMILES string of the molecule is COc1cccc(C=Nn2nnnc2Nc2ccccc2)c1. The molecule has 3 aromatic rings. The highest BCUT2D eigenvalue weighted by Crippen LogP contribution is 2.13. The molecule has 110 valence electrons. The highest BCUT2D eigenvalue weighted by atomic mass is 16.5. The maximum Gasteiger partial charge on any atom is 0.269 e. The Morgan fingerprint density at radius 3 is 2.82 bits per heavy atom. The third-order valence-corrected chi connectivity index (χ3v) is 2.89. The van der Waals surface area contributed by atoms with Crippen LogP contribution in [0.2, 0.25) is 0 Å². The molecule has 0 aliphatic carbocycles. The molecule has 0 amide bonds. The van der Waals surface area contributed by atoms with Crippen molar-refractivity contribution in [1.82, 2.24) is 20.3 Å². The summed E-state index contributed by atoms with van der Waals surface area (Å²) in [6, 6.07) is 17.2. The van der Waals surface area contributed by atoms with Crippen LogP contribution in [0.15, 0.2) is 59.7 Å². The minimum atomic E-state index is 0.436. The number of benzene rings is 2. The van der Waals surface area contributed by atoms with E-state index >= 15 is 0 Å². The van der Waals surface area contributed by atoms with E-state index in [2.05, 4.69) is 25.9 Å². The molecule has 7 nitrogen and oxygen atoms in total. The van der Waals surface area contributed by atoms with Gasteiger partial charge in [-0.2, -0.15) is 5.10 Å². The quantitative estimate of drug-likeness (QED) is 0.731. The largest absolute Gasteiger partial charge is 0.497 e. The summed E-state index contributed by atoms with van der Waals surface area (Å²) in [5, 5.41) is 18.7. The molecule has 0 aliphatic heterocycles. The van der Waals surface area contributed by atoms with Crippen LogP contribution >= 0.6 is 0 Å². The van der Waals surface area contributed by atoms with Gasteiger partial charge in [-0.15, -0.1) is 0 Å². The second-order valence-electron chi connectivity index (χ2n) is 4.40. The summed E-state index contributed by atoms with van der Waals surface area (Å²) in [5.41, 5.74) is 1.77. The van der Waals surface area contributed by atoms with Crippen molar-refractivity contribution >= 4 is 17.9 Å². The number of nitrogens with one attached hydrogen (secondary N) is 1. The molecular formula is C15H14N6O. The summed E-state index contributed by atoms with van der Waals surface area (Å²) < 4.78 is 5.17. The van der Waals surface area contributed by atoms with Crippen molar-refractivity contribution in [1.29, 1.82) is 0 Å². The fraction of sp³-hybridized carbons (Fsp3) is 0.0667. The predicted octanol–water partition coefficient (Wildman–Crippen LogP) is 2.31. The van der Waals surface area contributed by atoms with Crippen molar-refractivity contribution in [2.75, 3.05) is 12.4 Å². The van der Waals surface area contributed by atoms with E-state index in [0.29, 0.717) is 5.95 Å². The first-order valence-corrected chi connectivity index (χ1v) is 6.64. The van der Waals surface area contributed by atoms with Crippen LogP contribution in [0.3, 0.4) is 0 Å². The van der Waals surface area contributed by atoms with Crippen molar-refractivity contribution in [2.24, 2.45) is 5.10 Å². The molecule has 3 rings (SSSR count). The molecule has 2 aromatic carbocycles. The number of nitrogens with zero attached hydrogens (tertiary/aromatic N) is 5. The number of methoxy groups -OCH3 is 1. The molecule has 0 unspecified atom stereocenters. The Hall–Kier alpha value is -3.22. The lowest BCUT2D eigenvalue weighted by Gasteiger charge is -2.03. The zero-order valence-electron chi connectivity index (χ0n) is 11.9. The predicted molar refractivity (Wildman–Crippen MR) is 83.5 cm³/mol. The summed E-state index contributed by atoms with van der Waals surface area (Å²) in [4.78, 5) is 1.33. The standard InChI is InChI=1S/C15H14N6O/c1-22-14-9-5-6-12(10-14)11-16-21-15(18-19-20-21)17-13-7-3-2-4-8-13/h2-11H,1H3,(H,17,18,20). The lowest BCUT2D eigenvalue weighted by atomic mass is 10.2. The lowest BCUT2D eigenvalue weighted by Crippen LogP contribution is -2.01. The Morgan fingerprint density at radius 1 is 1.14 bits per heavy atom. The van der Waals surface area contributed by atoms with Crippen molar-refractivity contribution in [3.05, 3.63) is 60.2 Å². The average Bonchev–Trinajstić information content (AvgIpc) is 3.01. The maximum atomic E-state index is 5.17. The number of rotatable bonds is 5. The normalized spacial score (nSPS) is 10.8. The van der Waals surface area contributed by atoms with Crippen LogP contribution in [0.1, 0.15) is 5.56 Å². The van der Waals surface area contributed by atoms with Gasteiger partial charge in [0.05, 0.1) is 13.3 Å². The fourth-order valence-corrected chi connectivity index (χ4v) is 1.83. The highest BCUT2D eigenvalue weighted by molar-refractivity contribution is 5.80. The van der Waals surface area contributed by atoms with Gasteiger partial charge in [0.2, 0.25) is 0 Å². The van der Waals surface area contributed by atoms with Gasteiger partial charge in [0.25, 0.3) is 5.95 Å². The second-order valence-corrected chi connectivity index (χ2v) is 4.40. The van der Waals surface area contributed by atoms with Crippen LogP contribution in [0.25, 0.3) is 0 Å². The van der Waals surface area contributed by atoms with Crippen molar-refractivity contribution in [2.45, 2.75) is 0 Å². The molecule has 1 N–H and O–H groups in total. The van der Waals surface area contributed by atoms with Crippen LogP contribution in [0.5, 0.6) is 5.75 Å². The van der Waals surface area contributed by atoms with Crippen molar-refractivity contribution in [3.63, 3.8) is 0 Å². The summed E-state index contributed by atoms with van der Waals surface area (Å²) in [7, 11) is 1.62. The maximum absolute atomic E-state index is 5.17. The van der Waals surface area contributed by atoms with Gasteiger partial charge >= 0.3 is 0 Å². The fourth-order valence-electron chi connectivity index (χ4n) is 1.83. The van der Waals surface area contributed by atoms with Crippen molar-refractivity contribution in [3.8, 4) is 5.75 Å². The number of para-hydroxylation sites is 1. The molecule has 7 heteroatoms. The first-order valence-electron chi connectivity index (χ1n) is 6.64. The van der Waals surface area contributed by atoms with E-state index in [4.69, 9.17) is 4.74 Å². The van der Waals surface area contributed by atoms with Crippen molar-refractivity contribution < 1.29 is 4.74 Å². The zero-order chi connectivity index (χ0) is 15.2. The van der Waals surface area contributed by atoms with E-state index < -0.39 is 0 Å². The smallest absolute Gasteiger partial charge is 0.269 e. The molecule has 0 radical (unpaired) electrons. The summed E-state index contributed by atoms with van der Waals surface area (Å²) in [6.07, 6.45) is 1.66. The molecule has 0 fully saturated rings. The second kappa shape index (κ2) is 6.49. The molecular weight excluding hydrogens is 280 g/mol. The van der Waals surface area contributed by atoms with Gasteiger partial charge in [-0.1, -0.05) is 40.2 Å². The van der Waals surface area contributed by atoms with Crippen LogP contribution in [-0.2, 0) is 0 Å². The Balaban J connectivity index is 1.78. The minimum absolute atomic E-state index is 0.436. The van der Waals surface area contributed by atoms with Gasteiger partial charge in [0.15, 0.2) is 0 Å². The van der Waals surface area contributed by atoms with E-state index in [1.807, 2.05) is 54.6 Å². The minimum Gasteiger partial charge on any atom is -0.497 e. The molecule has 0 saturated heterocycles. The Morgan fingerprint density at radius 2 is 2.00 bits per heavy atom. The van der Waals surface area contributed by atoms with E-state index in [9.17, 15) is 0 Å². The zero-order valence-corrected chi connectivity index (χ0v) is 11.9. The lowest BCUT2D eigenvalue weighted by molar-refractivity contribution is 0.414. The summed E-state index contributed by atoms with van der Waals surface area (Å²) >= 11 is 0. The van der Waals surface area contributed by atoms with E-state index in [1.54, 1.807) is 13.3 Å². The third-order valence-electron chi connectivity index (χ3n) is 2.89. The molecule has 1 aromatic heterocycles. The average molecular weight is 294 g/mol. The van der Waals surface area contributed by atoms with Crippen LogP contribution < -0.4 is 10.1 Å². The first-order chi connectivity index (χ1) is 10.8.